The van der Waals surface area contributed by atoms with Crippen LogP contribution in [0.25, 0.3) is 0 Å². The fraction of sp³-hybridized carbons (Fsp3) is 0.708. The number of hydrogen-bond donors (Lipinski definition) is 1. The molecule has 0 heterocycles. The third-order valence-electron chi connectivity index (χ3n) is 5.74. The quantitative estimate of drug-likeness (QED) is 0.520. The molecule has 158 valence electrons. The Morgan fingerprint density at radius 1 is 1.04 bits per heavy atom. The number of rotatable bonds is 5. The third-order valence-corrected chi connectivity index (χ3v) is 6.60. The van der Waals surface area contributed by atoms with Gasteiger partial charge in [0.15, 0.2) is 6.61 Å². The lowest BCUT2D eigenvalue weighted by Crippen LogP contribution is -2.38. The maximum atomic E-state index is 12.5. The van der Waals surface area contributed by atoms with E-state index in [-0.39, 0.29) is 12.5 Å². The lowest BCUT2D eigenvalue weighted by molar-refractivity contribution is -0.123. The van der Waals surface area contributed by atoms with Crippen molar-refractivity contribution in [2.24, 2.45) is 0 Å². The van der Waals surface area contributed by atoms with E-state index in [9.17, 15) is 4.79 Å². The molecule has 1 N–H and O–H groups in total. The highest BCUT2D eigenvalue weighted by molar-refractivity contribution is 9.10. The Bertz CT molecular complexity index is 603. The molecular formula is C24H38BrNO2. The summed E-state index contributed by atoms with van der Waals surface area (Å²) in [4.78, 5) is 12.5. The fourth-order valence-electron chi connectivity index (χ4n) is 3.97. The number of hydrogen-bond acceptors (Lipinski definition) is 2. The first kappa shape index (κ1) is 23.3. The second-order valence-electron chi connectivity index (χ2n) is 8.61. The first-order valence-corrected chi connectivity index (χ1v) is 12.0. The minimum Gasteiger partial charge on any atom is -0.483 e. The highest BCUT2D eigenvalue weighted by Crippen LogP contribution is 2.32. The van der Waals surface area contributed by atoms with Gasteiger partial charge >= 0.3 is 0 Å². The molecule has 0 saturated heterocycles. The van der Waals surface area contributed by atoms with Gasteiger partial charge in [-0.05, 0) is 48.9 Å². The van der Waals surface area contributed by atoms with Crippen LogP contribution in [0.4, 0.5) is 0 Å². The summed E-state index contributed by atoms with van der Waals surface area (Å²) in [5.74, 6) is 1.18. The summed E-state index contributed by atoms with van der Waals surface area (Å²) >= 11 is 3.60. The second-order valence-corrected chi connectivity index (χ2v) is 9.46. The Hall–Kier alpha value is -1.03. The SMILES string of the molecule is Cc1cc(OCC(=O)NC2CCCCCCCCCCC2)c(C(C)C)cc1Br. The number of halogens is 1. The molecule has 4 heteroatoms. The molecule has 0 bridgehead atoms. The van der Waals surface area contributed by atoms with Gasteiger partial charge in [0.2, 0.25) is 0 Å². The van der Waals surface area contributed by atoms with E-state index in [1.54, 1.807) is 0 Å². The molecule has 1 fully saturated rings. The molecule has 3 nitrogen and oxygen atoms in total. The van der Waals surface area contributed by atoms with Gasteiger partial charge in [-0.15, -0.1) is 0 Å². The molecule has 0 atom stereocenters. The van der Waals surface area contributed by atoms with E-state index in [4.69, 9.17) is 4.74 Å². The molecule has 0 spiro atoms. The molecule has 1 aromatic rings. The lowest BCUT2D eigenvalue weighted by atomic mass is 9.98. The first-order valence-electron chi connectivity index (χ1n) is 11.2. The highest BCUT2D eigenvalue weighted by atomic mass is 79.9. The summed E-state index contributed by atoms with van der Waals surface area (Å²) in [6.07, 6.45) is 14.0. The predicted molar refractivity (Wildman–Crippen MR) is 121 cm³/mol. The summed E-state index contributed by atoms with van der Waals surface area (Å²) in [6, 6.07) is 4.44. The average molecular weight is 452 g/mol. The van der Waals surface area contributed by atoms with Crippen LogP contribution >= 0.6 is 15.9 Å². The molecule has 0 aromatic heterocycles. The van der Waals surface area contributed by atoms with Crippen molar-refractivity contribution in [2.75, 3.05) is 6.61 Å². The molecule has 1 saturated carbocycles. The Morgan fingerprint density at radius 3 is 2.11 bits per heavy atom. The maximum absolute atomic E-state index is 12.5. The van der Waals surface area contributed by atoms with Crippen LogP contribution in [0.15, 0.2) is 16.6 Å². The number of carbonyl (C=O) groups excluding carboxylic acids is 1. The summed E-state index contributed by atoms with van der Waals surface area (Å²) < 4.78 is 7.03. The number of aryl methyl sites for hydroxylation is 1. The van der Waals surface area contributed by atoms with E-state index >= 15 is 0 Å². The molecule has 1 aliphatic carbocycles. The van der Waals surface area contributed by atoms with Crippen LogP contribution in [0.5, 0.6) is 5.75 Å². The van der Waals surface area contributed by atoms with E-state index in [2.05, 4.69) is 41.2 Å². The Kier molecular flexibility index (Phi) is 10.4. The van der Waals surface area contributed by atoms with Gasteiger partial charge in [0, 0.05) is 10.5 Å². The second kappa shape index (κ2) is 12.5. The van der Waals surface area contributed by atoms with Crippen molar-refractivity contribution >= 4 is 21.8 Å². The lowest BCUT2D eigenvalue weighted by Gasteiger charge is -2.20. The van der Waals surface area contributed by atoms with Gasteiger partial charge in [-0.2, -0.15) is 0 Å². The number of ether oxygens (including phenoxy) is 1. The molecule has 1 aliphatic rings. The average Bonchev–Trinajstić information content (AvgIpc) is 2.64. The van der Waals surface area contributed by atoms with Gasteiger partial charge in [-0.25, -0.2) is 0 Å². The van der Waals surface area contributed by atoms with Crippen LogP contribution in [0, 0.1) is 6.92 Å². The van der Waals surface area contributed by atoms with Crippen molar-refractivity contribution in [3.63, 3.8) is 0 Å². The molecular weight excluding hydrogens is 414 g/mol. The van der Waals surface area contributed by atoms with Gasteiger partial charge in [-0.3, -0.25) is 4.79 Å². The summed E-state index contributed by atoms with van der Waals surface area (Å²) in [5, 5.41) is 3.24. The first-order chi connectivity index (χ1) is 13.5. The Labute approximate surface area is 180 Å². The largest absolute Gasteiger partial charge is 0.483 e. The minimum atomic E-state index is 0.00683. The molecule has 1 aromatic carbocycles. The van der Waals surface area contributed by atoms with Crippen LogP contribution in [-0.4, -0.2) is 18.6 Å². The number of amides is 1. The van der Waals surface area contributed by atoms with Crippen molar-refractivity contribution < 1.29 is 9.53 Å². The predicted octanol–water partition coefficient (Wildman–Crippen LogP) is 7.05. The zero-order valence-corrected chi connectivity index (χ0v) is 19.6. The normalized spacial score (nSPS) is 17.6. The van der Waals surface area contributed by atoms with Crippen molar-refractivity contribution in [1.82, 2.24) is 5.32 Å². The van der Waals surface area contributed by atoms with Crippen molar-refractivity contribution in [1.29, 1.82) is 0 Å². The van der Waals surface area contributed by atoms with Gasteiger partial charge in [0.05, 0.1) is 0 Å². The monoisotopic (exact) mass is 451 g/mol. The molecule has 28 heavy (non-hydrogen) atoms. The topological polar surface area (TPSA) is 38.3 Å². The summed E-state index contributed by atoms with van der Waals surface area (Å²) in [5.41, 5.74) is 2.26. The fourth-order valence-corrected chi connectivity index (χ4v) is 4.33. The molecule has 0 aliphatic heterocycles. The standard InChI is InChI=1S/C24H38BrNO2/c1-18(2)21-16-22(25)19(3)15-23(21)28-17-24(27)26-20-13-11-9-7-5-4-6-8-10-12-14-20/h15-16,18,20H,4-14,17H2,1-3H3,(H,26,27). The Morgan fingerprint density at radius 2 is 1.57 bits per heavy atom. The van der Waals surface area contributed by atoms with Crippen LogP contribution < -0.4 is 10.1 Å². The van der Waals surface area contributed by atoms with E-state index in [0.717, 1.165) is 34.2 Å². The van der Waals surface area contributed by atoms with Crippen LogP contribution in [0.3, 0.4) is 0 Å². The van der Waals surface area contributed by atoms with Gasteiger partial charge in [0.1, 0.15) is 5.75 Å². The summed E-state index contributed by atoms with van der Waals surface area (Å²) in [6.45, 7) is 6.44. The van der Waals surface area contributed by atoms with E-state index in [1.807, 2.05) is 13.0 Å². The Balaban J connectivity index is 1.88. The van der Waals surface area contributed by atoms with Crippen molar-refractivity contribution in [3.8, 4) is 5.75 Å². The van der Waals surface area contributed by atoms with Crippen LogP contribution in [-0.2, 0) is 4.79 Å². The maximum Gasteiger partial charge on any atom is 0.258 e. The van der Waals surface area contributed by atoms with E-state index < -0.39 is 0 Å². The number of nitrogens with one attached hydrogen (secondary N) is 1. The number of benzene rings is 1. The smallest absolute Gasteiger partial charge is 0.258 e. The minimum absolute atomic E-state index is 0.00683. The van der Waals surface area contributed by atoms with Crippen molar-refractivity contribution in [3.05, 3.63) is 27.7 Å². The van der Waals surface area contributed by atoms with Gasteiger partial charge < -0.3 is 10.1 Å². The van der Waals surface area contributed by atoms with Crippen molar-refractivity contribution in [2.45, 2.75) is 103 Å². The third kappa shape index (κ3) is 8.14. The van der Waals surface area contributed by atoms with Crippen LogP contribution in [0.1, 0.15) is 102 Å². The van der Waals surface area contributed by atoms with Crippen LogP contribution in [0.2, 0.25) is 0 Å². The van der Waals surface area contributed by atoms with E-state index in [0.29, 0.717) is 12.0 Å². The number of carbonyl (C=O) groups is 1. The highest BCUT2D eigenvalue weighted by Gasteiger charge is 2.15. The molecule has 0 unspecified atom stereocenters. The molecule has 1 amide bonds. The summed E-state index contributed by atoms with van der Waals surface area (Å²) in [7, 11) is 0. The van der Waals surface area contributed by atoms with Gasteiger partial charge in [-0.1, -0.05) is 87.6 Å². The van der Waals surface area contributed by atoms with E-state index in [1.165, 1.54) is 57.8 Å². The molecule has 2 rings (SSSR count). The molecule has 0 radical (unpaired) electrons. The zero-order chi connectivity index (χ0) is 20.4. The zero-order valence-electron chi connectivity index (χ0n) is 18.0. The van der Waals surface area contributed by atoms with Gasteiger partial charge in [0.25, 0.3) is 5.91 Å².